The van der Waals surface area contributed by atoms with Crippen LogP contribution in [-0.4, -0.2) is 29.9 Å². The highest BCUT2D eigenvalue weighted by atomic mass is 35.5. The first-order chi connectivity index (χ1) is 17.7. The van der Waals surface area contributed by atoms with Crippen molar-refractivity contribution < 1.29 is 19.1 Å². The van der Waals surface area contributed by atoms with Crippen LogP contribution in [0.15, 0.2) is 59.5 Å². The van der Waals surface area contributed by atoms with Gasteiger partial charge >= 0.3 is 0 Å². The summed E-state index contributed by atoms with van der Waals surface area (Å²) in [6.07, 6.45) is 1.76. The molecule has 1 aliphatic heterocycles. The fourth-order valence-electron chi connectivity index (χ4n) is 3.61. The molecule has 3 aromatic carbocycles. The SMILES string of the molecule is COc1cc(/C=C2\SC(=S)N(c3ccc(C)c(C)c3)C2=O)ccc1OCC(=O)Nc1ccc(C)c(Cl)c1. The summed E-state index contributed by atoms with van der Waals surface area (Å²) in [5.74, 6) is 0.329. The van der Waals surface area contributed by atoms with Crippen molar-refractivity contribution in [1.29, 1.82) is 0 Å². The van der Waals surface area contributed by atoms with E-state index in [0.29, 0.717) is 31.4 Å². The molecule has 0 aromatic heterocycles. The molecule has 1 N–H and O–H groups in total. The van der Waals surface area contributed by atoms with Crippen molar-refractivity contribution in [1.82, 2.24) is 0 Å². The predicted octanol–water partition coefficient (Wildman–Crippen LogP) is 6.70. The second-order valence-electron chi connectivity index (χ2n) is 8.50. The lowest BCUT2D eigenvalue weighted by Gasteiger charge is -2.16. The molecule has 1 heterocycles. The molecule has 4 rings (SSSR count). The third-order valence-electron chi connectivity index (χ3n) is 5.84. The molecule has 0 bridgehead atoms. The van der Waals surface area contributed by atoms with Crippen LogP contribution in [-0.2, 0) is 9.59 Å². The minimum atomic E-state index is -0.332. The zero-order valence-electron chi connectivity index (χ0n) is 20.8. The summed E-state index contributed by atoms with van der Waals surface area (Å²) in [6.45, 7) is 5.70. The van der Waals surface area contributed by atoms with Crippen molar-refractivity contribution in [3.05, 3.63) is 86.8 Å². The molecule has 0 atom stereocenters. The van der Waals surface area contributed by atoms with Gasteiger partial charge in [-0.15, -0.1) is 0 Å². The summed E-state index contributed by atoms with van der Waals surface area (Å²) in [5, 5.41) is 3.33. The number of anilines is 2. The van der Waals surface area contributed by atoms with E-state index in [0.717, 1.165) is 27.9 Å². The highest BCUT2D eigenvalue weighted by Crippen LogP contribution is 2.37. The highest BCUT2D eigenvalue weighted by molar-refractivity contribution is 8.27. The van der Waals surface area contributed by atoms with Gasteiger partial charge in [-0.25, -0.2) is 0 Å². The second-order valence-corrected chi connectivity index (χ2v) is 10.6. The van der Waals surface area contributed by atoms with Crippen LogP contribution in [0, 0.1) is 20.8 Å². The van der Waals surface area contributed by atoms with Gasteiger partial charge in [0.2, 0.25) is 0 Å². The van der Waals surface area contributed by atoms with E-state index in [1.54, 1.807) is 41.3 Å². The minimum absolute atomic E-state index is 0.176. The lowest BCUT2D eigenvalue weighted by molar-refractivity contribution is -0.118. The average molecular weight is 553 g/mol. The molecule has 0 aliphatic carbocycles. The number of benzene rings is 3. The lowest BCUT2D eigenvalue weighted by Crippen LogP contribution is -2.27. The highest BCUT2D eigenvalue weighted by Gasteiger charge is 2.33. The van der Waals surface area contributed by atoms with Gasteiger partial charge in [-0.3, -0.25) is 14.5 Å². The topological polar surface area (TPSA) is 67.9 Å². The van der Waals surface area contributed by atoms with Crippen molar-refractivity contribution in [3.8, 4) is 11.5 Å². The number of carbonyl (C=O) groups excluding carboxylic acids is 2. The Labute approximate surface area is 230 Å². The van der Waals surface area contributed by atoms with Crippen LogP contribution in [0.1, 0.15) is 22.3 Å². The largest absolute Gasteiger partial charge is 0.493 e. The lowest BCUT2D eigenvalue weighted by atomic mass is 10.1. The van der Waals surface area contributed by atoms with Gasteiger partial charge in [-0.1, -0.05) is 53.8 Å². The number of thiocarbonyl (C=S) groups is 1. The van der Waals surface area contributed by atoms with Crippen molar-refractivity contribution in [2.45, 2.75) is 20.8 Å². The number of aryl methyl sites for hydroxylation is 3. The maximum Gasteiger partial charge on any atom is 0.270 e. The third-order valence-corrected chi connectivity index (χ3v) is 7.55. The Kier molecular flexibility index (Phi) is 8.22. The van der Waals surface area contributed by atoms with Crippen LogP contribution in [0.2, 0.25) is 5.02 Å². The Morgan fingerprint density at radius 1 is 1.03 bits per heavy atom. The molecule has 0 spiro atoms. The molecule has 2 amide bonds. The zero-order valence-corrected chi connectivity index (χ0v) is 23.1. The van der Waals surface area contributed by atoms with Crippen LogP contribution in [0.4, 0.5) is 11.4 Å². The summed E-state index contributed by atoms with van der Waals surface area (Å²) in [4.78, 5) is 27.6. The Morgan fingerprint density at radius 3 is 2.49 bits per heavy atom. The summed E-state index contributed by atoms with van der Waals surface area (Å²) in [6, 6.07) is 16.4. The van der Waals surface area contributed by atoms with E-state index in [2.05, 4.69) is 5.32 Å². The number of amides is 2. The maximum atomic E-state index is 13.1. The number of hydrogen-bond acceptors (Lipinski definition) is 6. The van der Waals surface area contributed by atoms with E-state index >= 15 is 0 Å². The molecule has 1 fully saturated rings. The van der Waals surface area contributed by atoms with Crippen LogP contribution in [0.25, 0.3) is 6.08 Å². The van der Waals surface area contributed by atoms with Crippen molar-refractivity contribution >= 4 is 69.2 Å². The molecule has 0 unspecified atom stereocenters. The number of halogens is 1. The smallest absolute Gasteiger partial charge is 0.270 e. The van der Waals surface area contributed by atoms with Gasteiger partial charge in [-0.2, -0.15) is 0 Å². The number of carbonyl (C=O) groups is 2. The Morgan fingerprint density at radius 2 is 1.78 bits per heavy atom. The van der Waals surface area contributed by atoms with Crippen LogP contribution < -0.4 is 19.7 Å². The average Bonchev–Trinajstić information content (AvgIpc) is 3.14. The Balaban J connectivity index is 1.45. The van der Waals surface area contributed by atoms with Gasteiger partial charge in [0.15, 0.2) is 22.4 Å². The van der Waals surface area contributed by atoms with E-state index in [1.165, 1.54) is 18.9 Å². The molecule has 9 heteroatoms. The molecule has 1 saturated heterocycles. The molecule has 3 aromatic rings. The Bertz CT molecular complexity index is 1440. The first-order valence-electron chi connectivity index (χ1n) is 11.4. The third kappa shape index (κ3) is 6.15. The van der Waals surface area contributed by atoms with E-state index in [1.807, 2.05) is 45.0 Å². The second kappa shape index (κ2) is 11.4. The van der Waals surface area contributed by atoms with Gasteiger partial charge in [0, 0.05) is 10.7 Å². The van der Waals surface area contributed by atoms with Crippen LogP contribution >= 0.6 is 35.6 Å². The van der Waals surface area contributed by atoms with Gasteiger partial charge in [0.25, 0.3) is 11.8 Å². The molecular weight excluding hydrogens is 528 g/mol. The molecular formula is C28H25ClN2O4S2. The summed E-state index contributed by atoms with van der Waals surface area (Å²) in [5.41, 5.74) is 5.24. The number of nitrogens with zero attached hydrogens (tertiary/aromatic N) is 1. The molecule has 190 valence electrons. The molecule has 0 radical (unpaired) electrons. The molecule has 0 saturated carbocycles. The number of nitrogens with one attached hydrogen (secondary N) is 1. The van der Waals surface area contributed by atoms with Crippen molar-refractivity contribution in [2.24, 2.45) is 0 Å². The van der Waals surface area contributed by atoms with Gasteiger partial charge < -0.3 is 14.8 Å². The van der Waals surface area contributed by atoms with E-state index in [-0.39, 0.29) is 18.4 Å². The molecule has 1 aliphatic rings. The Hall–Kier alpha value is -3.33. The number of hydrogen-bond donors (Lipinski definition) is 1. The van der Waals surface area contributed by atoms with Crippen molar-refractivity contribution in [3.63, 3.8) is 0 Å². The minimum Gasteiger partial charge on any atom is -0.493 e. The van der Waals surface area contributed by atoms with E-state index < -0.39 is 0 Å². The fourth-order valence-corrected chi connectivity index (χ4v) is 5.09. The summed E-state index contributed by atoms with van der Waals surface area (Å²) in [7, 11) is 1.51. The maximum absolute atomic E-state index is 13.1. The van der Waals surface area contributed by atoms with Crippen LogP contribution in [0.5, 0.6) is 11.5 Å². The summed E-state index contributed by atoms with van der Waals surface area (Å²) < 4.78 is 11.6. The van der Waals surface area contributed by atoms with Gasteiger partial charge in [0.1, 0.15) is 0 Å². The van der Waals surface area contributed by atoms with Gasteiger partial charge in [-0.05, 0) is 85.5 Å². The van der Waals surface area contributed by atoms with Crippen molar-refractivity contribution in [2.75, 3.05) is 23.9 Å². The predicted molar refractivity (Wildman–Crippen MR) is 155 cm³/mol. The quantitative estimate of drug-likeness (QED) is 0.260. The standard InChI is InChI=1S/C28H25ClN2O4S2/c1-16-6-9-21(11-18(16)3)31-27(33)25(37-28(31)36)13-19-7-10-23(24(12-19)34-4)35-15-26(32)30-20-8-5-17(2)22(29)14-20/h5-14H,15H2,1-4H3,(H,30,32)/b25-13-. The first kappa shape index (κ1) is 26.7. The van der Waals surface area contributed by atoms with Crippen LogP contribution in [0.3, 0.4) is 0 Å². The first-order valence-corrected chi connectivity index (χ1v) is 13.0. The number of thioether (sulfide) groups is 1. The van der Waals surface area contributed by atoms with E-state index in [4.69, 9.17) is 33.3 Å². The summed E-state index contributed by atoms with van der Waals surface area (Å²) >= 11 is 12.9. The van der Waals surface area contributed by atoms with Gasteiger partial charge in [0.05, 0.1) is 17.7 Å². The normalized spacial score (nSPS) is 14.3. The number of methoxy groups -OCH3 is 1. The molecule has 37 heavy (non-hydrogen) atoms. The molecule has 6 nitrogen and oxygen atoms in total. The van der Waals surface area contributed by atoms with E-state index in [9.17, 15) is 9.59 Å². The number of rotatable bonds is 7. The zero-order chi connectivity index (χ0) is 26.7. The number of ether oxygens (including phenoxy) is 2. The fraction of sp³-hybridized carbons (Fsp3) is 0.179. The monoisotopic (exact) mass is 552 g/mol.